The number of benzene rings is 1. The molecule has 4 nitrogen and oxygen atoms in total. The number of fused-ring (bicyclic) bond motifs is 1. The van der Waals surface area contributed by atoms with Crippen LogP contribution in [0.2, 0.25) is 0 Å². The summed E-state index contributed by atoms with van der Waals surface area (Å²) in [7, 11) is 0. The summed E-state index contributed by atoms with van der Waals surface area (Å²) < 4.78 is 5.25. The maximum Gasteiger partial charge on any atom is 0.181 e. The van der Waals surface area contributed by atoms with Crippen molar-refractivity contribution in [3.8, 4) is 0 Å². The molecule has 0 amide bonds. The minimum atomic E-state index is 0.867. The van der Waals surface area contributed by atoms with Gasteiger partial charge in [0.15, 0.2) is 12.0 Å². The Hall–Kier alpha value is -1.39. The highest BCUT2D eigenvalue weighted by Gasteiger charge is 2.09. The van der Waals surface area contributed by atoms with Crippen LogP contribution in [0.3, 0.4) is 0 Å². The lowest BCUT2D eigenvalue weighted by atomic mass is 10.2. The first-order valence-electron chi connectivity index (χ1n) is 6.17. The first-order chi connectivity index (χ1) is 8.42. The maximum atomic E-state index is 5.25. The molecule has 0 atom stereocenters. The summed E-state index contributed by atoms with van der Waals surface area (Å²) >= 11 is 0. The predicted molar refractivity (Wildman–Crippen MR) is 66.8 cm³/mol. The summed E-state index contributed by atoms with van der Waals surface area (Å²) in [5, 5.41) is 3.42. The Morgan fingerprint density at radius 1 is 1.29 bits per heavy atom. The monoisotopic (exact) mass is 231 g/mol. The highest BCUT2D eigenvalue weighted by molar-refractivity contribution is 5.72. The van der Waals surface area contributed by atoms with Crippen LogP contribution >= 0.6 is 0 Å². The molecule has 3 rings (SSSR count). The van der Waals surface area contributed by atoms with E-state index in [9.17, 15) is 0 Å². The van der Waals surface area contributed by atoms with Gasteiger partial charge in [-0.1, -0.05) is 6.07 Å². The molecular weight excluding hydrogens is 214 g/mol. The first-order valence-corrected chi connectivity index (χ1v) is 6.17. The van der Waals surface area contributed by atoms with E-state index >= 15 is 0 Å². The average Bonchev–Trinajstić information content (AvgIpc) is 2.65. The molecule has 0 radical (unpaired) electrons. The van der Waals surface area contributed by atoms with Crippen molar-refractivity contribution in [2.24, 2.45) is 0 Å². The van der Waals surface area contributed by atoms with E-state index in [0.29, 0.717) is 0 Å². The molecule has 4 heteroatoms. The highest BCUT2D eigenvalue weighted by Crippen LogP contribution is 2.15. The van der Waals surface area contributed by atoms with Crippen LogP contribution in [0.5, 0.6) is 0 Å². The fourth-order valence-corrected chi connectivity index (χ4v) is 2.32. The van der Waals surface area contributed by atoms with Crippen molar-refractivity contribution in [1.82, 2.24) is 15.2 Å². The smallest absolute Gasteiger partial charge is 0.181 e. The first kappa shape index (κ1) is 10.7. The van der Waals surface area contributed by atoms with Gasteiger partial charge in [0.1, 0.15) is 5.52 Å². The van der Waals surface area contributed by atoms with Gasteiger partial charge in [-0.15, -0.1) is 0 Å². The van der Waals surface area contributed by atoms with E-state index in [0.717, 1.165) is 37.3 Å². The molecule has 0 spiro atoms. The van der Waals surface area contributed by atoms with Gasteiger partial charge in [0.2, 0.25) is 0 Å². The normalized spacial score (nSPS) is 18.4. The van der Waals surface area contributed by atoms with E-state index in [1.54, 1.807) is 0 Å². The Morgan fingerprint density at radius 2 is 2.29 bits per heavy atom. The second-order valence-electron chi connectivity index (χ2n) is 4.53. The summed E-state index contributed by atoms with van der Waals surface area (Å²) in [5.41, 5.74) is 3.13. The molecule has 0 unspecified atom stereocenters. The van der Waals surface area contributed by atoms with Crippen molar-refractivity contribution in [3.63, 3.8) is 0 Å². The van der Waals surface area contributed by atoms with Crippen molar-refractivity contribution in [1.29, 1.82) is 0 Å². The molecule has 1 aromatic carbocycles. The van der Waals surface area contributed by atoms with E-state index in [1.165, 1.54) is 24.9 Å². The SMILES string of the molecule is c1nc2cc(CN3CCCNCC3)ccc2o1. The quantitative estimate of drug-likeness (QED) is 0.852. The van der Waals surface area contributed by atoms with Crippen molar-refractivity contribution < 1.29 is 4.42 Å². The predicted octanol–water partition coefficient (Wildman–Crippen LogP) is 1.62. The molecule has 0 saturated carbocycles. The van der Waals surface area contributed by atoms with Crippen molar-refractivity contribution in [2.45, 2.75) is 13.0 Å². The summed E-state index contributed by atoms with van der Waals surface area (Å²) in [6.45, 7) is 5.52. The van der Waals surface area contributed by atoms with Crippen LogP contribution in [0, 0.1) is 0 Å². The van der Waals surface area contributed by atoms with Gasteiger partial charge in [-0.3, -0.25) is 4.90 Å². The summed E-state index contributed by atoms with van der Waals surface area (Å²) in [6, 6.07) is 6.26. The number of hydrogen-bond donors (Lipinski definition) is 1. The third kappa shape index (κ3) is 2.48. The average molecular weight is 231 g/mol. The van der Waals surface area contributed by atoms with Crippen molar-refractivity contribution >= 4 is 11.1 Å². The zero-order valence-corrected chi connectivity index (χ0v) is 9.85. The minimum absolute atomic E-state index is 0.867. The van der Waals surface area contributed by atoms with Gasteiger partial charge in [0.05, 0.1) is 0 Å². The van der Waals surface area contributed by atoms with Gasteiger partial charge in [-0.05, 0) is 37.2 Å². The maximum absolute atomic E-state index is 5.25. The molecule has 1 aliphatic heterocycles. The van der Waals surface area contributed by atoms with Gasteiger partial charge < -0.3 is 9.73 Å². The van der Waals surface area contributed by atoms with Crippen LogP contribution in [-0.4, -0.2) is 36.1 Å². The lowest BCUT2D eigenvalue weighted by Gasteiger charge is -2.19. The summed E-state index contributed by atoms with van der Waals surface area (Å²) in [6.07, 6.45) is 2.73. The third-order valence-corrected chi connectivity index (χ3v) is 3.23. The van der Waals surface area contributed by atoms with Gasteiger partial charge in [0, 0.05) is 19.6 Å². The van der Waals surface area contributed by atoms with E-state index in [-0.39, 0.29) is 0 Å². The lowest BCUT2D eigenvalue weighted by molar-refractivity contribution is 0.284. The fraction of sp³-hybridized carbons (Fsp3) is 0.462. The van der Waals surface area contributed by atoms with Gasteiger partial charge in [-0.2, -0.15) is 0 Å². The highest BCUT2D eigenvalue weighted by atomic mass is 16.3. The molecule has 0 aliphatic carbocycles. The van der Waals surface area contributed by atoms with Gasteiger partial charge in [-0.25, -0.2) is 4.98 Å². The van der Waals surface area contributed by atoms with Crippen LogP contribution < -0.4 is 5.32 Å². The molecule has 1 saturated heterocycles. The molecule has 1 aromatic heterocycles. The molecule has 90 valence electrons. The molecule has 1 N–H and O–H groups in total. The Kier molecular flexibility index (Phi) is 3.07. The number of hydrogen-bond acceptors (Lipinski definition) is 4. The fourth-order valence-electron chi connectivity index (χ4n) is 2.32. The van der Waals surface area contributed by atoms with Crippen LogP contribution in [-0.2, 0) is 6.54 Å². The zero-order chi connectivity index (χ0) is 11.5. The standard InChI is InChI=1S/C13H17N3O/c1-4-14-5-7-16(6-1)9-11-2-3-13-12(8-11)15-10-17-13/h2-3,8,10,14H,1,4-7,9H2. The van der Waals surface area contributed by atoms with E-state index in [2.05, 4.69) is 27.3 Å². The summed E-state index contributed by atoms with van der Waals surface area (Å²) in [5.74, 6) is 0. The Balaban J connectivity index is 1.74. The molecule has 1 fully saturated rings. The summed E-state index contributed by atoms with van der Waals surface area (Å²) in [4.78, 5) is 6.68. The number of nitrogens with zero attached hydrogens (tertiary/aromatic N) is 2. The minimum Gasteiger partial charge on any atom is -0.443 e. The number of aromatic nitrogens is 1. The molecule has 17 heavy (non-hydrogen) atoms. The second kappa shape index (κ2) is 4.85. The third-order valence-electron chi connectivity index (χ3n) is 3.23. The van der Waals surface area contributed by atoms with E-state index in [4.69, 9.17) is 4.42 Å². The van der Waals surface area contributed by atoms with Crippen molar-refractivity contribution in [3.05, 3.63) is 30.2 Å². The Morgan fingerprint density at radius 3 is 3.29 bits per heavy atom. The second-order valence-corrected chi connectivity index (χ2v) is 4.53. The zero-order valence-electron chi connectivity index (χ0n) is 9.85. The van der Waals surface area contributed by atoms with Crippen LogP contribution in [0.25, 0.3) is 11.1 Å². The Labute approximate surface area is 101 Å². The number of oxazole rings is 1. The van der Waals surface area contributed by atoms with Crippen LogP contribution in [0.1, 0.15) is 12.0 Å². The van der Waals surface area contributed by atoms with Crippen LogP contribution in [0.15, 0.2) is 29.0 Å². The Bertz CT molecular complexity index is 486. The molecular formula is C13H17N3O. The van der Waals surface area contributed by atoms with E-state index in [1.807, 2.05) is 6.07 Å². The lowest BCUT2D eigenvalue weighted by Crippen LogP contribution is -2.27. The molecule has 2 heterocycles. The van der Waals surface area contributed by atoms with Gasteiger partial charge in [0.25, 0.3) is 0 Å². The molecule has 0 bridgehead atoms. The molecule has 2 aromatic rings. The topological polar surface area (TPSA) is 41.3 Å². The number of rotatable bonds is 2. The number of nitrogens with one attached hydrogen (secondary N) is 1. The van der Waals surface area contributed by atoms with Gasteiger partial charge >= 0.3 is 0 Å². The largest absolute Gasteiger partial charge is 0.443 e. The van der Waals surface area contributed by atoms with Crippen molar-refractivity contribution in [2.75, 3.05) is 26.2 Å². The molecule has 1 aliphatic rings. The van der Waals surface area contributed by atoms with Crippen LogP contribution in [0.4, 0.5) is 0 Å². The van der Waals surface area contributed by atoms with E-state index < -0.39 is 0 Å².